The van der Waals surface area contributed by atoms with Crippen LogP contribution in [0.5, 0.6) is 0 Å². The quantitative estimate of drug-likeness (QED) is 0.652. The van der Waals surface area contributed by atoms with Gasteiger partial charge in [0.1, 0.15) is 0 Å². The average molecular weight is 341 g/mol. The molecule has 0 aromatic heterocycles. The van der Waals surface area contributed by atoms with Gasteiger partial charge in [-0.2, -0.15) is 0 Å². The molecule has 0 spiro atoms. The minimum absolute atomic E-state index is 0.0864. The topological polar surface area (TPSA) is 75.6 Å². The lowest BCUT2D eigenvalue weighted by atomic mass is 9.99. The largest absolute Gasteiger partial charge is 0.481 e. The van der Waals surface area contributed by atoms with Crippen LogP contribution >= 0.6 is 0 Å². The molecule has 2 aromatic rings. The first kappa shape index (κ1) is 18.7. The fraction of sp³-hybridized carbons (Fsp3) is 0.300. The number of carboxylic acid groups (broad SMARTS) is 1. The zero-order valence-corrected chi connectivity index (χ0v) is 14.1. The fourth-order valence-electron chi connectivity index (χ4n) is 2.44. The van der Waals surface area contributed by atoms with Crippen molar-refractivity contribution in [2.24, 2.45) is 0 Å². The van der Waals surface area contributed by atoms with Crippen molar-refractivity contribution in [3.05, 3.63) is 71.8 Å². The van der Waals surface area contributed by atoms with Crippen LogP contribution < -0.4 is 5.32 Å². The van der Waals surface area contributed by atoms with E-state index in [1.807, 2.05) is 36.4 Å². The molecule has 0 fully saturated rings. The normalized spacial score (nSPS) is 11.7. The Morgan fingerprint density at radius 2 is 1.64 bits per heavy atom. The van der Waals surface area contributed by atoms with Crippen molar-refractivity contribution in [2.45, 2.75) is 25.4 Å². The van der Waals surface area contributed by atoms with Crippen LogP contribution in [0.1, 0.15) is 29.9 Å². The number of carboxylic acids is 1. The van der Waals surface area contributed by atoms with Gasteiger partial charge in [-0.3, -0.25) is 9.59 Å². The molecule has 0 saturated heterocycles. The molecule has 2 aromatic carbocycles. The van der Waals surface area contributed by atoms with Crippen molar-refractivity contribution in [2.75, 3.05) is 13.2 Å². The summed E-state index contributed by atoms with van der Waals surface area (Å²) in [5.41, 5.74) is 1.78. The van der Waals surface area contributed by atoms with Gasteiger partial charge in [-0.25, -0.2) is 0 Å². The Morgan fingerprint density at radius 3 is 2.28 bits per heavy atom. The van der Waals surface area contributed by atoms with Crippen LogP contribution in [0.15, 0.2) is 60.7 Å². The Hall–Kier alpha value is -2.66. The number of carbonyl (C=O) groups is 2. The van der Waals surface area contributed by atoms with Crippen molar-refractivity contribution < 1.29 is 19.4 Å². The highest BCUT2D eigenvalue weighted by Crippen LogP contribution is 2.14. The summed E-state index contributed by atoms with van der Waals surface area (Å²) >= 11 is 0. The number of ether oxygens (including phenoxy) is 1. The van der Waals surface area contributed by atoms with E-state index in [2.05, 4.69) is 5.32 Å². The van der Waals surface area contributed by atoms with Crippen LogP contribution in [0.25, 0.3) is 0 Å². The van der Waals surface area contributed by atoms with Gasteiger partial charge in [-0.15, -0.1) is 0 Å². The third kappa shape index (κ3) is 6.77. The van der Waals surface area contributed by atoms with Crippen LogP contribution in [0.2, 0.25) is 0 Å². The summed E-state index contributed by atoms with van der Waals surface area (Å²) in [6.07, 6.45) is 0.914. The molecule has 25 heavy (non-hydrogen) atoms. The molecule has 1 amide bonds. The molecule has 5 heteroatoms. The number of amides is 1. The lowest BCUT2D eigenvalue weighted by Gasteiger charge is -2.13. The van der Waals surface area contributed by atoms with Crippen molar-refractivity contribution in [3.63, 3.8) is 0 Å². The van der Waals surface area contributed by atoms with Gasteiger partial charge >= 0.3 is 5.97 Å². The zero-order chi connectivity index (χ0) is 17.9. The van der Waals surface area contributed by atoms with E-state index in [1.165, 1.54) is 0 Å². The number of aliphatic carboxylic acids is 1. The van der Waals surface area contributed by atoms with E-state index in [4.69, 9.17) is 4.74 Å². The van der Waals surface area contributed by atoms with Gasteiger partial charge < -0.3 is 15.2 Å². The SMILES string of the molecule is O=C(CCCOCc1ccccc1)NCC(C(=O)O)c1ccccc1. The molecule has 0 radical (unpaired) electrons. The molecule has 0 bridgehead atoms. The van der Waals surface area contributed by atoms with Crippen LogP contribution in [-0.2, 0) is 20.9 Å². The van der Waals surface area contributed by atoms with Crippen LogP contribution in [0.4, 0.5) is 0 Å². The fourth-order valence-corrected chi connectivity index (χ4v) is 2.44. The van der Waals surface area contributed by atoms with Crippen molar-refractivity contribution in [3.8, 4) is 0 Å². The first-order valence-electron chi connectivity index (χ1n) is 8.33. The van der Waals surface area contributed by atoms with E-state index in [0.717, 1.165) is 5.56 Å². The highest BCUT2D eigenvalue weighted by Gasteiger charge is 2.20. The van der Waals surface area contributed by atoms with Gasteiger partial charge in [0, 0.05) is 19.6 Å². The van der Waals surface area contributed by atoms with E-state index in [9.17, 15) is 14.7 Å². The van der Waals surface area contributed by atoms with Gasteiger partial charge in [-0.1, -0.05) is 60.7 Å². The zero-order valence-electron chi connectivity index (χ0n) is 14.1. The molecule has 132 valence electrons. The molecule has 2 rings (SSSR count). The molecule has 0 aliphatic rings. The minimum atomic E-state index is -0.947. The van der Waals surface area contributed by atoms with E-state index < -0.39 is 11.9 Å². The Kier molecular flexibility index (Phi) is 7.66. The number of hydrogen-bond donors (Lipinski definition) is 2. The van der Waals surface area contributed by atoms with Crippen LogP contribution in [0.3, 0.4) is 0 Å². The van der Waals surface area contributed by atoms with Gasteiger partial charge in [0.25, 0.3) is 0 Å². The highest BCUT2D eigenvalue weighted by atomic mass is 16.5. The highest BCUT2D eigenvalue weighted by molar-refractivity contribution is 5.79. The number of carbonyl (C=O) groups excluding carboxylic acids is 1. The Morgan fingerprint density at radius 1 is 1.00 bits per heavy atom. The molecule has 0 heterocycles. The second-order valence-electron chi connectivity index (χ2n) is 5.75. The smallest absolute Gasteiger partial charge is 0.312 e. The van der Waals surface area contributed by atoms with Gasteiger partial charge in [0.05, 0.1) is 12.5 Å². The third-order valence-corrected chi connectivity index (χ3v) is 3.81. The number of rotatable bonds is 10. The van der Waals surface area contributed by atoms with Crippen LogP contribution in [-0.4, -0.2) is 30.1 Å². The van der Waals surface area contributed by atoms with E-state index in [1.54, 1.807) is 24.3 Å². The van der Waals surface area contributed by atoms with Crippen molar-refractivity contribution in [1.82, 2.24) is 5.32 Å². The van der Waals surface area contributed by atoms with E-state index in [0.29, 0.717) is 31.6 Å². The summed E-state index contributed by atoms with van der Waals surface area (Å²) in [6, 6.07) is 18.8. The summed E-state index contributed by atoms with van der Waals surface area (Å²) in [4.78, 5) is 23.3. The predicted molar refractivity (Wildman–Crippen MR) is 95.2 cm³/mol. The van der Waals surface area contributed by atoms with Crippen molar-refractivity contribution >= 4 is 11.9 Å². The Bertz CT molecular complexity index is 658. The molecule has 2 N–H and O–H groups in total. The summed E-state index contributed by atoms with van der Waals surface area (Å²) < 4.78 is 5.53. The molecule has 1 unspecified atom stereocenters. The van der Waals surface area contributed by atoms with Gasteiger partial charge in [-0.05, 0) is 17.5 Å². The number of hydrogen-bond acceptors (Lipinski definition) is 3. The first-order valence-corrected chi connectivity index (χ1v) is 8.33. The maximum atomic E-state index is 11.9. The lowest BCUT2D eigenvalue weighted by Crippen LogP contribution is -2.31. The molecular formula is C20H23NO4. The predicted octanol–water partition coefficient (Wildman–Crippen LogP) is 2.97. The maximum absolute atomic E-state index is 11.9. The first-order chi connectivity index (χ1) is 12.2. The number of nitrogens with one attached hydrogen (secondary N) is 1. The Balaban J connectivity index is 1.65. The molecular weight excluding hydrogens is 318 g/mol. The lowest BCUT2D eigenvalue weighted by molar-refractivity contribution is -0.138. The summed E-state index contributed by atoms with van der Waals surface area (Å²) in [5, 5.41) is 12.0. The minimum Gasteiger partial charge on any atom is -0.481 e. The molecule has 0 saturated carbocycles. The van der Waals surface area contributed by atoms with Gasteiger partial charge in [0.2, 0.25) is 5.91 Å². The molecule has 0 aliphatic carbocycles. The van der Waals surface area contributed by atoms with E-state index >= 15 is 0 Å². The second-order valence-corrected chi connectivity index (χ2v) is 5.75. The number of benzene rings is 2. The van der Waals surface area contributed by atoms with Gasteiger partial charge in [0.15, 0.2) is 0 Å². The summed E-state index contributed by atoms with van der Waals surface area (Å²) in [7, 11) is 0. The molecule has 1 atom stereocenters. The van der Waals surface area contributed by atoms with Crippen LogP contribution in [0, 0.1) is 0 Å². The third-order valence-electron chi connectivity index (χ3n) is 3.81. The summed E-state index contributed by atoms with van der Waals surface area (Å²) in [5.74, 6) is -1.84. The monoisotopic (exact) mass is 341 g/mol. The standard InChI is InChI=1S/C20H23NO4/c22-19(12-7-13-25-15-16-8-3-1-4-9-16)21-14-18(20(23)24)17-10-5-2-6-11-17/h1-6,8-11,18H,7,12-15H2,(H,21,22)(H,23,24). The summed E-state index contributed by atoms with van der Waals surface area (Å²) in [6.45, 7) is 1.10. The van der Waals surface area contributed by atoms with Crippen molar-refractivity contribution in [1.29, 1.82) is 0 Å². The average Bonchev–Trinajstić information content (AvgIpc) is 2.63. The molecule has 5 nitrogen and oxygen atoms in total. The second kappa shape index (κ2) is 10.3. The Labute approximate surface area is 147 Å². The van der Waals surface area contributed by atoms with E-state index in [-0.39, 0.29) is 12.5 Å². The molecule has 0 aliphatic heterocycles. The maximum Gasteiger partial charge on any atom is 0.312 e.